The molecule has 0 aromatic heterocycles. The zero-order valence-corrected chi connectivity index (χ0v) is 15.6. The van der Waals surface area contributed by atoms with E-state index in [0.29, 0.717) is 17.6 Å². The lowest BCUT2D eigenvalue weighted by Gasteiger charge is -2.32. The average molecular weight is 319 g/mol. The summed E-state index contributed by atoms with van der Waals surface area (Å²) in [5, 5.41) is 10.5. The zero-order chi connectivity index (χ0) is 17.0. The van der Waals surface area contributed by atoms with E-state index >= 15 is 0 Å². The second-order valence-corrected chi connectivity index (χ2v) is 7.68. The molecule has 0 unspecified atom stereocenters. The minimum Gasteiger partial charge on any atom is -0.507 e. The molecule has 1 heterocycles. The molecule has 1 saturated heterocycles. The van der Waals surface area contributed by atoms with Crippen molar-refractivity contribution in [2.75, 3.05) is 39.8 Å². The van der Waals surface area contributed by atoms with Crippen LogP contribution in [0.15, 0.2) is 12.1 Å². The molecule has 0 saturated carbocycles. The van der Waals surface area contributed by atoms with E-state index in [9.17, 15) is 5.11 Å². The fraction of sp³-hybridized carbons (Fsp3) is 0.700. The van der Waals surface area contributed by atoms with Gasteiger partial charge >= 0.3 is 0 Å². The quantitative estimate of drug-likeness (QED) is 0.864. The Balaban J connectivity index is 1.99. The third-order valence-electron chi connectivity index (χ3n) is 5.01. The van der Waals surface area contributed by atoms with Crippen LogP contribution in [-0.4, -0.2) is 54.7 Å². The van der Waals surface area contributed by atoms with Crippen LogP contribution in [0.5, 0.6) is 5.75 Å². The summed E-state index contributed by atoms with van der Waals surface area (Å²) in [6.45, 7) is 14.6. The number of likely N-dealkylation sites (N-methyl/N-ethyl adjacent to an activating group) is 1. The lowest BCUT2D eigenvalue weighted by molar-refractivity contribution is 0.153. The topological polar surface area (TPSA) is 26.7 Å². The molecule has 23 heavy (non-hydrogen) atoms. The number of rotatable bonds is 6. The Morgan fingerprint density at radius 2 is 1.48 bits per heavy atom. The van der Waals surface area contributed by atoms with Gasteiger partial charge in [0, 0.05) is 26.2 Å². The number of aryl methyl sites for hydroxylation is 1. The lowest BCUT2D eigenvalue weighted by Crippen LogP contribution is -2.44. The van der Waals surface area contributed by atoms with Crippen molar-refractivity contribution in [3.8, 4) is 5.75 Å². The van der Waals surface area contributed by atoms with Crippen molar-refractivity contribution in [2.45, 2.75) is 52.4 Å². The van der Waals surface area contributed by atoms with Crippen LogP contribution in [0.25, 0.3) is 0 Å². The summed E-state index contributed by atoms with van der Waals surface area (Å²) in [6.07, 6.45) is 2.30. The lowest BCUT2D eigenvalue weighted by atomic mass is 9.90. The van der Waals surface area contributed by atoms with E-state index in [1.54, 1.807) is 0 Å². The van der Waals surface area contributed by atoms with Gasteiger partial charge in [0.2, 0.25) is 0 Å². The van der Waals surface area contributed by atoms with Crippen LogP contribution in [-0.2, 0) is 6.42 Å². The third kappa shape index (κ3) is 4.95. The fourth-order valence-electron chi connectivity index (χ4n) is 3.35. The van der Waals surface area contributed by atoms with Crippen molar-refractivity contribution in [1.82, 2.24) is 9.80 Å². The monoisotopic (exact) mass is 318 g/mol. The summed E-state index contributed by atoms with van der Waals surface area (Å²) in [5.41, 5.74) is 3.58. The summed E-state index contributed by atoms with van der Waals surface area (Å²) in [6, 6.07) is 4.44. The number of benzene rings is 1. The van der Waals surface area contributed by atoms with Gasteiger partial charge < -0.3 is 14.9 Å². The van der Waals surface area contributed by atoms with Crippen molar-refractivity contribution >= 4 is 0 Å². The van der Waals surface area contributed by atoms with Gasteiger partial charge in [0.05, 0.1) is 0 Å². The summed E-state index contributed by atoms with van der Waals surface area (Å²) < 4.78 is 0. The zero-order valence-electron chi connectivity index (χ0n) is 15.6. The highest BCUT2D eigenvalue weighted by Crippen LogP contribution is 2.35. The van der Waals surface area contributed by atoms with Crippen molar-refractivity contribution in [3.05, 3.63) is 28.8 Å². The highest BCUT2D eigenvalue weighted by molar-refractivity contribution is 5.46. The number of nitrogens with zero attached hydrogens (tertiary/aromatic N) is 2. The molecule has 1 aromatic rings. The van der Waals surface area contributed by atoms with Crippen LogP contribution in [0.2, 0.25) is 0 Å². The van der Waals surface area contributed by atoms with E-state index in [4.69, 9.17) is 0 Å². The van der Waals surface area contributed by atoms with Crippen molar-refractivity contribution in [1.29, 1.82) is 0 Å². The van der Waals surface area contributed by atoms with Crippen LogP contribution >= 0.6 is 0 Å². The number of hydrogen-bond donors (Lipinski definition) is 1. The van der Waals surface area contributed by atoms with E-state index in [2.05, 4.69) is 56.7 Å². The number of phenols is 1. The Labute approximate surface area is 142 Å². The molecule has 1 fully saturated rings. The van der Waals surface area contributed by atoms with Crippen molar-refractivity contribution in [2.24, 2.45) is 0 Å². The summed E-state index contributed by atoms with van der Waals surface area (Å²) in [4.78, 5) is 4.98. The molecule has 3 nitrogen and oxygen atoms in total. The molecule has 1 aliphatic rings. The van der Waals surface area contributed by atoms with Crippen LogP contribution < -0.4 is 0 Å². The Kier molecular flexibility index (Phi) is 6.49. The van der Waals surface area contributed by atoms with E-state index < -0.39 is 0 Å². The predicted octanol–water partition coefficient (Wildman–Crippen LogP) is 3.82. The summed E-state index contributed by atoms with van der Waals surface area (Å²) in [5.74, 6) is 1.24. The molecular weight excluding hydrogens is 284 g/mol. The molecule has 0 radical (unpaired) electrons. The highest BCUT2D eigenvalue weighted by atomic mass is 16.3. The first-order valence-corrected chi connectivity index (χ1v) is 9.15. The number of piperazine rings is 1. The van der Waals surface area contributed by atoms with Crippen LogP contribution in [0.3, 0.4) is 0 Å². The number of phenolic OH excluding ortho intramolecular Hbond substituents is 1. The second-order valence-electron chi connectivity index (χ2n) is 7.68. The van der Waals surface area contributed by atoms with Crippen LogP contribution in [0.1, 0.15) is 62.6 Å². The molecule has 1 aromatic carbocycles. The maximum Gasteiger partial charge on any atom is 0.122 e. The smallest absolute Gasteiger partial charge is 0.122 e. The van der Waals surface area contributed by atoms with Gasteiger partial charge in [-0.25, -0.2) is 0 Å². The van der Waals surface area contributed by atoms with Gasteiger partial charge in [0.15, 0.2) is 0 Å². The van der Waals surface area contributed by atoms with Crippen molar-refractivity contribution in [3.63, 3.8) is 0 Å². The van der Waals surface area contributed by atoms with E-state index in [1.807, 2.05) is 0 Å². The SMILES string of the molecule is CC(C)c1cc(CCCN2CCN(C)CC2)cc(C(C)C)c1O. The van der Waals surface area contributed by atoms with Gasteiger partial charge in [-0.3, -0.25) is 0 Å². The second kappa shape index (κ2) is 8.16. The molecule has 0 spiro atoms. The van der Waals surface area contributed by atoms with Gasteiger partial charge in [-0.1, -0.05) is 39.8 Å². The van der Waals surface area contributed by atoms with Crippen LogP contribution in [0, 0.1) is 0 Å². The fourth-order valence-corrected chi connectivity index (χ4v) is 3.35. The van der Waals surface area contributed by atoms with E-state index in [0.717, 1.165) is 17.5 Å². The van der Waals surface area contributed by atoms with Crippen LogP contribution in [0.4, 0.5) is 0 Å². The highest BCUT2D eigenvalue weighted by Gasteiger charge is 2.16. The maximum absolute atomic E-state index is 10.5. The molecule has 1 aliphatic heterocycles. The molecule has 0 bridgehead atoms. The first-order chi connectivity index (χ1) is 10.9. The van der Waals surface area contributed by atoms with E-state index in [1.165, 1.54) is 44.7 Å². The summed E-state index contributed by atoms with van der Waals surface area (Å²) in [7, 11) is 2.20. The van der Waals surface area contributed by atoms with Gasteiger partial charge in [-0.15, -0.1) is 0 Å². The Morgan fingerprint density at radius 3 is 1.96 bits per heavy atom. The Morgan fingerprint density at radius 1 is 0.957 bits per heavy atom. The maximum atomic E-state index is 10.5. The van der Waals surface area contributed by atoms with Gasteiger partial charge in [0.25, 0.3) is 0 Å². The third-order valence-corrected chi connectivity index (χ3v) is 5.01. The molecule has 130 valence electrons. The number of hydrogen-bond acceptors (Lipinski definition) is 3. The van der Waals surface area contributed by atoms with Crippen molar-refractivity contribution < 1.29 is 5.11 Å². The van der Waals surface area contributed by atoms with Gasteiger partial charge in [-0.2, -0.15) is 0 Å². The summed E-state index contributed by atoms with van der Waals surface area (Å²) >= 11 is 0. The van der Waals surface area contributed by atoms with Gasteiger partial charge in [0.1, 0.15) is 5.75 Å². The first kappa shape index (κ1) is 18.3. The molecule has 0 amide bonds. The number of aromatic hydroxyl groups is 1. The molecular formula is C20H34N2O. The normalized spacial score (nSPS) is 17.3. The van der Waals surface area contributed by atoms with E-state index in [-0.39, 0.29) is 0 Å². The Bertz CT molecular complexity index is 473. The standard InChI is InChI=1S/C20H34N2O/c1-15(2)18-13-17(14-19(16(3)4)20(18)23)7-6-8-22-11-9-21(5)10-12-22/h13-16,23H,6-12H2,1-5H3. The Hall–Kier alpha value is -1.06. The molecule has 3 heteroatoms. The van der Waals surface area contributed by atoms with Gasteiger partial charge in [-0.05, 0) is 55.0 Å². The minimum atomic E-state index is 0.366. The largest absolute Gasteiger partial charge is 0.507 e. The molecule has 0 atom stereocenters. The first-order valence-electron chi connectivity index (χ1n) is 9.15. The molecule has 0 aliphatic carbocycles. The average Bonchev–Trinajstić information content (AvgIpc) is 2.50. The molecule has 2 rings (SSSR count). The minimum absolute atomic E-state index is 0.366. The predicted molar refractivity (Wildman–Crippen MR) is 98.5 cm³/mol. The molecule has 1 N–H and O–H groups in total.